The highest BCUT2D eigenvalue weighted by molar-refractivity contribution is 7.10. The maximum absolute atomic E-state index is 13.4. The second kappa shape index (κ2) is 5.99. The number of anilines is 1. The van der Waals surface area contributed by atoms with Crippen LogP contribution in [0.3, 0.4) is 0 Å². The third kappa shape index (κ3) is 3.51. The molecule has 0 fully saturated rings. The average Bonchev–Trinajstić information content (AvgIpc) is 2.94. The molecule has 21 heavy (non-hydrogen) atoms. The summed E-state index contributed by atoms with van der Waals surface area (Å²) >= 11 is 7.33. The van der Waals surface area contributed by atoms with Crippen LogP contribution in [-0.4, -0.2) is 11.5 Å². The molecular weight excluding hydrogens is 315 g/mol. The Morgan fingerprint density at radius 1 is 1.48 bits per heavy atom. The number of nitrogens with one attached hydrogen (secondary N) is 1. The largest absolute Gasteiger partial charge is 0.379 e. The number of nitrogens with zero attached hydrogens (tertiary/aromatic N) is 1. The zero-order valence-corrected chi connectivity index (χ0v) is 13.1. The summed E-state index contributed by atoms with van der Waals surface area (Å²) in [5.74, 6) is -0.800. The van der Waals surface area contributed by atoms with Crippen molar-refractivity contribution >= 4 is 34.3 Å². The van der Waals surface area contributed by atoms with E-state index in [1.54, 1.807) is 11.3 Å². The Morgan fingerprint density at radius 3 is 2.76 bits per heavy atom. The molecule has 0 amide bonds. The molecule has 4 nitrogen and oxygen atoms in total. The molecule has 1 heterocycles. The van der Waals surface area contributed by atoms with Crippen LogP contribution in [0.15, 0.2) is 29.6 Å². The molecule has 0 bridgehead atoms. The molecule has 0 aliphatic rings. The van der Waals surface area contributed by atoms with Gasteiger partial charge >= 0.3 is 0 Å². The van der Waals surface area contributed by atoms with Gasteiger partial charge in [-0.25, -0.2) is 4.39 Å². The van der Waals surface area contributed by atoms with Gasteiger partial charge in [0.1, 0.15) is 11.5 Å². The van der Waals surface area contributed by atoms with E-state index in [1.165, 1.54) is 6.07 Å². The van der Waals surface area contributed by atoms with Gasteiger partial charge in [0.25, 0.3) is 5.69 Å². The summed E-state index contributed by atoms with van der Waals surface area (Å²) in [6.45, 7) is 4.53. The van der Waals surface area contributed by atoms with E-state index >= 15 is 0 Å². The molecule has 0 saturated heterocycles. The molecule has 2 rings (SSSR count). The fraction of sp³-hybridized carbons (Fsp3) is 0.286. The van der Waals surface area contributed by atoms with Gasteiger partial charge < -0.3 is 5.32 Å². The van der Waals surface area contributed by atoms with Gasteiger partial charge in [0.15, 0.2) is 0 Å². The number of halogens is 2. The van der Waals surface area contributed by atoms with Crippen molar-refractivity contribution in [2.24, 2.45) is 0 Å². The summed E-state index contributed by atoms with van der Waals surface area (Å²) in [4.78, 5) is 11.5. The first-order valence-corrected chi connectivity index (χ1v) is 7.48. The molecule has 2 aromatic rings. The van der Waals surface area contributed by atoms with Gasteiger partial charge in [-0.15, -0.1) is 11.3 Å². The molecule has 112 valence electrons. The quantitative estimate of drug-likeness (QED) is 0.631. The molecule has 7 heteroatoms. The molecule has 0 unspecified atom stereocenters. The summed E-state index contributed by atoms with van der Waals surface area (Å²) in [7, 11) is 0. The fourth-order valence-corrected chi connectivity index (χ4v) is 2.91. The zero-order chi connectivity index (χ0) is 15.6. The van der Waals surface area contributed by atoms with E-state index in [9.17, 15) is 14.5 Å². The lowest BCUT2D eigenvalue weighted by Gasteiger charge is -2.24. The lowest BCUT2D eigenvalue weighted by atomic mass is 9.91. The molecule has 1 aromatic heterocycles. The standard InChI is InChI=1S/C14H14ClFN2O2S/c1-14(2,13-4-3-5-21-13)8-17-11-6-9(15)10(16)7-12(11)18(19)20/h3-7,17H,8H2,1-2H3. The van der Waals surface area contributed by atoms with E-state index < -0.39 is 10.7 Å². The Morgan fingerprint density at radius 2 is 2.19 bits per heavy atom. The maximum atomic E-state index is 13.4. The summed E-state index contributed by atoms with van der Waals surface area (Å²) in [6.07, 6.45) is 0. The van der Waals surface area contributed by atoms with Gasteiger partial charge in [-0.2, -0.15) is 0 Å². The number of benzene rings is 1. The first kappa shape index (κ1) is 15.7. The second-order valence-corrected chi connectivity index (χ2v) is 6.61. The number of nitro benzene ring substituents is 1. The highest BCUT2D eigenvalue weighted by Crippen LogP contribution is 2.33. The van der Waals surface area contributed by atoms with Crippen LogP contribution >= 0.6 is 22.9 Å². The Balaban J connectivity index is 2.24. The van der Waals surface area contributed by atoms with Crippen molar-refractivity contribution in [1.82, 2.24) is 0 Å². The van der Waals surface area contributed by atoms with Crippen LogP contribution in [0, 0.1) is 15.9 Å². The highest BCUT2D eigenvalue weighted by atomic mass is 35.5. The molecular formula is C14H14ClFN2O2S. The molecule has 0 aliphatic heterocycles. The van der Waals surface area contributed by atoms with Crippen molar-refractivity contribution in [1.29, 1.82) is 0 Å². The number of hydrogen-bond donors (Lipinski definition) is 1. The van der Waals surface area contributed by atoms with E-state index in [1.807, 2.05) is 31.4 Å². The van der Waals surface area contributed by atoms with Crippen LogP contribution in [0.1, 0.15) is 18.7 Å². The van der Waals surface area contributed by atoms with E-state index in [-0.39, 0.29) is 21.8 Å². The van der Waals surface area contributed by atoms with Crippen molar-refractivity contribution in [3.63, 3.8) is 0 Å². The van der Waals surface area contributed by atoms with Gasteiger partial charge in [0.05, 0.1) is 16.0 Å². The molecule has 0 spiro atoms. The molecule has 0 atom stereocenters. The molecule has 0 saturated carbocycles. The Hall–Kier alpha value is -1.66. The van der Waals surface area contributed by atoms with Crippen LogP contribution in [0.5, 0.6) is 0 Å². The normalized spacial score (nSPS) is 11.4. The summed E-state index contributed by atoms with van der Waals surface area (Å²) in [5, 5.41) is 15.8. The van der Waals surface area contributed by atoms with Crippen LogP contribution in [0.25, 0.3) is 0 Å². The zero-order valence-electron chi connectivity index (χ0n) is 11.5. The first-order chi connectivity index (χ1) is 9.81. The highest BCUT2D eigenvalue weighted by Gasteiger charge is 2.24. The number of hydrogen-bond acceptors (Lipinski definition) is 4. The minimum absolute atomic E-state index is 0.142. The average molecular weight is 329 g/mol. The lowest BCUT2D eigenvalue weighted by molar-refractivity contribution is -0.384. The van der Waals surface area contributed by atoms with E-state index in [2.05, 4.69) is 5.32 Å². The van der Waals surface area contributed by atoms with Crippen molar-refractivity contribution in [2.45, 2.75) is 19.3 Å². The molecule has 0 aliphatic carbocycles. The van der Waals surface area contributed by atoms with Crippen LogP contribution in [0.4, 0.5) is 15.8 Å². The number of rotatable bonds is 5. The van der Waals surface area contributed by atoms with Crippen LogP contribution < -0.4 is 5.32 Å². The van der Waals surface area contributed by atoms with Gasteiger partial charge in [0, 0.05) is 16.8 Å². The minimum Gasteiger partial charge on any atom is -0.379 e. The Kier molecular flexibility index (Phi) is 4.49. The van der Waals surface area contributed by atoms with E-state index in [0.717, 1.165) is 10.9 Å². The second-order valence-electron chi connectivity index (χ2n) is 5.26. The molecule has 1 N–H and O–H groups in total. The Labute approximate surface area is 130 Å². The SMILES string of the molecule is CC(C)(CNc1cc(Cl)c(F)cc1[N+](=O)[O-])c1cccs1. The summed E-state index contributed by atoms with van der Waals surface area (Å²) < 4.78 is 13.4. The lowest BCUT2D eigenvalue weighted by Crippen LogP contribution is -2.26. The van der Waals surface area contributed by atoms with E-state index in [0.29, 0.717) is 6.54 Å². The predicted molar refractivity (Wildman–Crippen MR) is 83.9 cm³/mol. The smallest absolute Gasteiger partial charge is 0.295 e. The predicted octanol–water partition coefficient (Wildman–Crippen LogP) is 4.84. The molecule has 1 aromatic carbocycles. The first-order valence-electron chi connectivity index (χ1n) is 6.22. The number of thiophene rings is 1. The van der Waals surface area contributed by atoms with Gasteiger partial charge in [-0.1, -0.05) is 31.5 Å². The summed E-state index contributed by atoms with van der Waals surface area (Å²) in [6, 6.07) is 6.06. The van der Waals surface area contributed by atoms with Crippen molar-refractivity contribution in [3.8, 4) is 0 Å². The fourth-order valence-electron chi connectivity index (χ4n) is 1.90. The van der Waals surface area contributed by atoms with Gasteiger partial charge in [-0.05, 0) is 17.5 Å². The molecule has 0 radical (unpaired) electrons. The minimum atomic E-state index is -0.800. The number of nitro groups is 1. The van der Waals surface area contributed by atoms with E-state index in [4.69, 9.17) is 11.6 Å². The van der Waals surface area contributed by atoms with Crippen molar-refractivity contribution < 1.29 is 9.31 Å². The third-order valence-electron chi connectivity index (χ3n) is 3.14. The maximum Gasteiger partial charge on any atom is 0.295 e. The topological polar surface area (TPSA) is 55.2 Å². The van der Waals surface area contributed by atoms with Gasteiger partial charge in [0.2, 0.25) is 0 Å². The Bertz CT molecular complexity index is 659. The van der Waals surface area contributed by atoms with Crippen LogP contribution in [0.2, 0.25) is 5.02 Å². The van der Waals surface area contributed by atoms with Crippen LogP contribution in [-0.2, 0) is 5.41 Å². The van der Waals surface area contributed by atoms with Crippen molar-refractivity contribution in [2.75, 3.05) is 11.9 Å². The van der Waals surface area contributed by atoms with Gasteiger partial charge in [-0.3, -0.25) is 10.1 Å². The summed E-state index contributed by atoms with van der Waals surface area (Å²) in [5.41, 5.74) is -0.307. The third-order valence-corrected chi connectivity index (χ3v) is 4.67. The monoisotopic (exact) mass is 328 g/mol. The van der Waals surface area contributed by atoms with Crippen molar-refractivity contribution in [3.05, 3.63) is 55.5 Å².